The molecule has 0 bridgehead atoms. The molecule has 1 amide bonds. The first-order chi connectivity index (χ1) is 13.0. The number of hydrogen-bond donors (Lipinski definition) is 2. The van der Waals surface area contributed by atoms with E-state index in [1.165, 1.54) is 24.3 Å². The van der Waals surface area contributed by atoms with Gasteiger partial charge in [0.25, 0.3) is 15.9 Å². The summed E-state index contributed by atoms with van der Waals surface area (Å²) in [7, 11) is -3.81. The Morgan fingerprint density at radius 3 is 2.48 bits per heavy atom. The number of carbonyl (C=O) groups excluding carboxylic acids is 1. The monoisotopic (exact) mass is 388 g/mol. The summed E-state index contributed by atoms with van der Waals surface area (Å²) in [6.45, 7) is 4.90. The van der Waals surface area contributed by atoms with Gasteiger partial charge in [0.2, 0.25) is 0 Å². The van der Waals surface area contributed by atoms with E-state index in [2.05, 4.69) is 16.6 Å². The Balaban J connectivity index is 1.75. The van der Waals surface area contributed by atoms with Crippen molar-refractivity contribution in [3.05, 3.63) is 60.7 Å². The Kier molecular flexibility index (Phi) is 5.66. The number of carbonyl (C=O) groups is 1. The van der Waals surface area contributed by atoms with Gasteiger partial charge in [-0.3, -0.25) is 9.52 Å². The van der Waals surface area contributed by atoms with Crippen LogP contribution in [0.15, 0.2) is 60.0 Å². The molecule has 8 heteroatoms. The third-order valence-corrected chi connectivity index (χ3v) is 5.21. The van der Waals surface area contributed by atoms with Crippen molar-refractivity contribution in [2.75, 3.05) is 24.5 Å². The molecule has 142 valence electrons. The van der Waals surface area contributed by atoms with Gasteiger partial charge in [0.05, 0.1) is 18.1 Å². The van der Waals surface area contributed by atoms with Gasteiger partial charge >= 0.3 is 0 Å². The molecule has 0 unspecified atom stereocenters. The van der Waals surface area contributed by atoms with E-state index in [-0.39, 0.29) is 10.8 Å². The van der Waals surface area contributed by atoms with Crippen molar-refractivity contribution >= 4 is 21.6 Å². The summed E-state index contributed by atoms with van der Waals surface area (Å²) in [5, 5.41) is 2.65. The first kappa shape index (κ1) is 18.8. The smallest absolute Gasteiger partial charge is 0.262 e. The van der Waals surface area contributed by atoms with Crippen molar-refractivity contribution in [1.82, 2.24) is 5.32 Å². The lowest BCUT2D eigenvalue weighted by Crippen LogP contribution is -2.23. The summed E-state index contributed by atoms with van der Waals surface area (Å²) < 4.78 is 38.8. The van der Waals surface area contributed by atoms with Gasteiger partial charge in [-0.25, -0.2) is 8.42 Å². The zero-order valence-electron chi connectivity index (χ0n) is 14.6. The van der Waals surface area contributed by atoms with Gasteiger partial charge in [-0.1, -0.05) is 6.08 Å². The highest BCUT2D eigenvalue weighted by Gasteiger charge is 2.19. The molecular weight excluding hydrogens is 368 g/mol. The molecule has 1 aliphatic heterocycles. The molecule has 2 N–H and O–H groups in total. The predicted octanol–water partition coefficient (Wildman–Crippen LogP) is 2.56. The topological polar surface area (TPSA) is 93.7 Å². The Morgan fingerprint density at radius 2 is 1.78 bits per heavy atom. The van der Waals surface area contributed by atoms with Gasteiger partial charge < -0.3 is 14.8 Å². The Hall–Kier alpha value is -3.00. The summed E-state index contributed by atoms with van der Waals surface area (Å²) in [5.41, 5.74) is 0.776. The second kappa shape index (κ2) is 8.13. The van der Waals surface area contributed by atoms with Crippen LogP contribution in [0.4, 0.5) is 5.69 Å². The van der Waals surface area contributed by atoms with Crippen LogP contribution in [-0.4, -0.2) is 34.1 Å². The maximum absolute atomic E-state index is 12.6. The predicted molar refractivity (Wildman–Crippen MR) is 102 cm³/mol. The molecule has 3 rings (SSSR count). The van der Waals surface area contributed by atoms with Crippen molar-refractivity contribution in [3.8, 4) is 11.5 Å². The number of nitrogens with one attached hydrogen (secondary N) is 2. The lowest BCUT2D eigenvalue weighted by atomic mass is 10.2. The van der Waals surface area contributed by atoms with Crippen LogP contribution in [-0.2, 0) is 10.0 Å². The summed E-state index contributed by atoms with van der Waals surface area (Å²) in [6.07, 6.45) is 2.32. The third kappa shape index (κ3) is 4.59. The van der Waals surface area contributed by atoms with E-state index in [0.29, 0.717) is 42.5 Å². The van der Waals surface area contributed by atoms with Crippen LogP contribution in [0.25, 0.3) is 0 Å². The Morgan fingerprint density at radius 1 is 1.07 bits per heavy atom. The fraction of sp³-hybridized carbons (Fsp3) is 0.211. The van der Waals surface area contributed by atoms with Crippen LogP contribution in [0, 0.1) is 0 Å². The van der Waals surface area contributed by atoms with Crippen molar-refractivity contribution in [2.45, 2.75) is 11.3 Å². The molecule has 7 nitrogen and oxygen atoms in total. The fourth-order valence-corrected chi connectivity index (χ4v) is 3.56. The second-order valence-electron chi connectivity index (χ2n) is 5.84. The Bertz CT molecular complexity index is 939. The largest absolute Gasteiger partial charge is 0.490 e. The third-order valence-electron chi connectivity index (χ3n) is 3.84. The van der Waals surface area contributed by atoms with Gasteiger partial charge in [-0.05, 0) is 36.4 Å². The van der Waals surface area contributed by atoms with E-state index in [1.807, 2.05) is 0 Å². The zero-order chi connectivity index (χ0) is 19.3. The number of sulfonamides is 1. The summed E-state index contributed by atoms with van der Waals surface area (Å²) in [6, 6.07) is 10.6. The lowest BCUT2D eigenvalue weighted by Gasteiger charge is -2.12. The number of ether oxygens (including phenoxy) is 2. The second-order valence-corrected chi connectivity index (χ2v) is 7.52. The van der Waals surface area contributed by atoms with Gasteiger partial charge in [0, 0.05) is 30.3 Å². The molecule has 0 saturated carbocycles. The van der Waals surface area contributed by atoms with E-state index in [4.69, 9.17) is 9.47 Å². The van der Waals surface area contributed by atoms with Gasteiger partial charge in [0.1, 0.15) is 0 Å². The van der Waals surface area contributed by atoms with Crippen molar-refractivity contribution in [1.29, 1.82) is 0 Å². The molecule has 2 aromatic carbocycles. The summed E-state index contributed by atoms with van der Waals surface area (Å²) >= 11 is 0. The number of rotatable bonds is 6. The van der Waals surface area contributed by atoms with Crippen molar-refractivity contribution in [3.63, 3.8) is 0 Å². The normalized spacial score (nSPS) is 13.3. The number of anilines is 1. The minimum absolute atomic E-state index is 0.0690. The van der Waals surface area contributed by atoms with E-state index in [9.17, 15) is 13.2 Å². The highest BCUT2D eigenvalue weighted by atomic mass is 32.2. The number of amides is 1. The molecule has 0 aliphatic carbocycles. The van der Waals surface area contributed by atoms with Crippen molar-refractivity contribution in [2.24, 2.45) is 0 Å². The molecule has 27 heavy (non-hydrogen) atoms. The van der Waals surface area contributed by atoms with Gasteiger partial charge in [-0.15, -0.1) is 6.58 Å². The highest BCUT2D eigenvalue weighted by molar-refractivity contribution is 7.92. The summed E-state index contributed by atoms with van der Waals surface area (Å²) in [5.74, 6) is 0.679. The SMILES string of the molecule is C=CCNC(=O)c1ccc(NS(=O)(=O)c2ccc3c(c2)OCCCO3)cc1. The van der Waals surface area contributed by atoms with Crippen LogP contribution >= 0.6 is 0 Å². The summed E-state index contributed by atoms with van der Waals surface area (Å²) in [4.78, 5) is 11.9. The first-order valence-electron chi connectivity index (χ1n) is 8.41. The maximum Gasteiger partial charge on any atom is 0.262 e. The average Bonchev–Trinajstić information content (AvgIpc) is 2.91. The minimum atomic E-state index is -3.81. The Labute approximate surface area is 158 Å². The van der Waals surface area contributed by atoms with Crippen LogP contribution in [0.5, 0.6) is 11.5 Å². The van der Waals surface area contributed by atoms with Crippen LogP contribution in [0.1, 0.15) is 16.8 Å². The maximum atomic E-state index is 12.6. The molecule has 1 aliphatic rings. The molecular formula is C19H20N2O5S. The molecule has 0 saturated heterocycles. The van der Waals surface area contributed by atoms with E-state index in [1.54, 1.807) is 24.3 Å². The van der Waals surface area contributed by atoms with E-state index < -0.39 is 10.0 Å². The highest BCUT2D eigenvalue weighted by Crippen LogP contribution is 2.32. The number of fused-ring (bicyclic) bond motifs is 1. The van der Waals surface area contributed by atoms with E-state index >= 15 is 0 Å². The zero-order valence-corrected chi connectivity index (χ0v) is 15.4. The molecule has 0 fully saturated rings. The van der Waals surface area contributed by atoms with Gasteiger partial charge in [0.15, 0.2) is 11.5 Å². The first-order valence-corrected chi connectivity index (χ1v) is 9.89. The fourth-order valence-electron chi connectivity index (χ4n) is 2.48. The molecule has 0 radical (unpaired) electrons. The standard InChI is InChI=1S/C19H20N2O5S/c1-2-10-20-19(22)14-4-6-15(7-5-14)21-27(23,24)16-8-9-17-18(13-16)26-12-3-11-25-17/h2,4-9,13,21H,1,3,10-12H2,(H,20,22). The molecule has 1 heterocycles. The van der Waals surface area contributed by atoms with Crippen LogP contribution in [0.2, 0.25) is 0 Å². The van der Waals surface area contributed by atoms with E-state index in [0.717, 1.165) is 6.42 Å². The lowest BCUT2D eigenvalue weighted by molar-refractivity contribution is 0.0958. The quantitative estimate of drug-likeness (QED) is 0.742. The van der Waals surface area contributed by atoms with Gasteiger partial charge in [-0.2, -0.15) is 0 Å². The van der Waals surface area contributed by atoms with Crippen LogP contribution in [0.3, 0.4) is 0 Å². The molecule has 2 aromatic rings. The molecule has 0 aromatic heterocycles. The number of hydrogen-bond acceptors (Lipinski definition) is 5. The average molecular weight is 388 g/mol. The number of benzene rings is 2. The van der Waals surface area contributed by atoms with Crippen LogP contribution < -0.4 is 19.5 Å². The molecule has 0 atom stereocenters. The molecule has 0 spiro atoms. The minimum Gasteiger partial charge on any atom is -0.490 e. The van der Waals surface area contributed by atoms with Crippen molar-refractivity contribution < 1.29 is 22.7 Å².